The number of hydrogen-bond donors (Lipinski definition) is 4. The number of nitrogens with two attached hydrogens (primary N) is 1. The van der Waals surface area contributed by atoms with E-state index in [4.69, 9.17) is 15.5 Å². The monoisotopic (exact) mass is 513 g/mol. The van der Waals surface area contributed by atoms with Crippen molar-refractivity contribution in [3.05, 3.63) is 65.6 Å². The number of anilines is 1. The smallest absolute Gasteiger partial charge is 0.213 e. The third-order valence-electron chi connectivity index (χ3n) is 7.32. The summed E-state index contributed by atoms with van der Waals surface area (Å²) < 4.78 is 7.14. The molecule has 4 heterocycles. The maximum atomic E-state index is 9.91. The lowest BCUT2D eigenvalue weighted by atomic mass is 10.00. The fraction of sp³-hybridized carbons (Fsp3) is 0.345. The van der Waals surface area contributed by atoms with Crippen molar-refractivity contribution in [2.45, 2.75) is 45.6 Å². The number of aromatic nitrogens is 3. The summed E-state index contributed by atoms with van der Waals surface area (Å²) >= 11 is 0. The van der Waals surface area contributed by atoms with E-state index in [1.165, 1.54) is 0 Å². The lowest BCUT2D eigenvalue weighted by Gasteiger charge is -2.26. The molecule has 0 aliphatic carbocycles. The van der Waals surface area contributed by atoms with E-state index in [2.05, 4.69) is 33.7 Å². The molecule has 0 spiro atoms. The Kier molecular flexibility index (Phi) is 6.94. The zero-order valence-corrected chi connectivity index (χ0v) is 22.4. The Morgan fingerprint density at radius 1 is 1.29 bits per heavy atom. The third-order valence-corrected chi connectivity index (χ3v) is 7.32. The maximum Gasteiger partial charge on any atom is 0.213 e. The molecule has 0 bridgehead atoms. The summed E-state index contributed by atoms with van der Waals surface area (Å²) in [5, 5.41) is 21.9. The molecule has 4 aromatic rings. The maximum absolute atomic E-state index is 9.91. The van der Waals surface area contributed by atoms with Gasteiger partial charge in [-0.05, 0) is 75.0 Å². The summed E-state index contributed by atoms with van der Waals surface area (Å²) in [5.74, 6) is 1.16. The van der Waals surface area contributed by atoms with Crippen LogP contribution in [0.4, 0.5) is 11.4 Å². The van der Waals surface area contributed by atoms with Crippen LogP contribution in [0.2, 0.25) is 0 Å². The fourth-order valence-corrected chi connectivity index (χ4v) is 5.07. The van der Waals surface area contributed by atoms with Crippen LogP contribution in [-0.4, -0.2) is 51.3 Å². The average molecular weight is 514 g/mol. The van der Waals surface area contributed by atoms with E-state index in [-0.39, 0.29) is 11.3 Å². The summed E-state index contributed by atoms with van der Waals surface area (Å²) in [6.45, 7) is 8.05. The van der Waals surface area contributed by atoms with Gasteiger partial charge in [0.25, 0.3) is 0 Å². The van der Waals surface area contributed by atoms with Gasteiger partial charge >= 0.3 is 0 Å². The SMILES string of the molecule is CCc1cc(O)ccc1/N=C(\N)c1cnn2cc(-c3cnc(OC)cc3C)cc2c1NC[C@@]1(C)CCCN1. The van der Waals surface area contributed by atoms with Crippen molar-refractivity contribution in [3.63, 3.8) is 0 Å². The molecule has 5 rings (SSSR count). The molecule has 0 saturated carbocycles. The van der Waals surface area contributed by atoms with Gasteiger partial charge in [0.15, 0.2) is 0 Å². The van der Waals surface area contributed by atoms with Gasteiger partial charge in [-0.2, -0.15) is 5.10 Å². The molecule has 9 nitrogen and oxygen atoms in total. The van der Waals surface area contributed by atoms with Gasteiger partial charge in [-0.25, -0.2) is 14.5 Å². The normalized spacial score (nSPS) is 17.7. The highest BCUT2D eigenvalue weighted by atomic mass is 16.5. The number of phenolic OH excluding ortho intramolecular Hbond substituents is 1. The van der Waals surface area contributed by atoms with Gasteiger partial charge in [0.05, 0.1) is 35.8 Å². The Bertz CT molecular complexity index is 1500. The minimum atomic E-state index is -0.0122. The minimum absolute atomic E-state index is 0.0122. The summed E-state index contributed by atoms with van der Waals surface area (Å²) in [4.78, 5) is 9.17. The number of aliphatic imine (C=N–C) groups is 1. The summed E-state index contributed by atoms with van der Waals surface area (Å²) in [5.41, 5.74) is 13.8. The Morgan fingerprint density at radius 2 is 2.13 bits per heavy atom. The van der Waals surface area contributed by atoms with Gasteiger partial charge in [-0.1, -0.05) is 6.92 Å². The third kappa shape index (κ3) is 5.02. The van der Waals surface area contributed by atoms with Crippen LogP contribution in [0.3, 0.4) is 0 Å². The zero-order chi connectivity index (χ0) is 26.9. The second kappa shape index (κ2) is 10.3. The van der Waals surface area contributed by atoms with Crippen LogP contribution in [0.25, 0.3) is 16.6 Å². The number of aryl methyl sites for hydroxylation is 2. The van der Waals surface area contributed by atoms with E-state index >= 15 is 0 Å². The zero-order valence-electron chi connectivity index (χ0n) is 22.4. The standard InChI is InChI=1S/C29H35N7O2/c1-5-19-12-21(37)7-8-24(19)35-28(30)23-15-34-36-16-20(22-14-31-26(38-4)11-18(22)2)13-25(36)27(23)32-17-29(3)9-6-10-33-29/h7-8,11-16,32-33,37H,5-6,9-10,17H2,1-4H3,(H2,30,35)/t29-/m1/s1. The summed E-state index contributed by atoms with van der Waals surface area (Å²) in [7, 11) is 1.62. The molecule has 1 fully saturated rings. The van der Waals surface area contributed by atoms with Gasteiger partial charge in [0, 0.05) is 41.7 Å². The molecule has 9 heteroatoms. The molecule has 1 aromatic carbocycles. The molecule has 0 amide bonds. The second-order valence-electron chi connectivity index (χ2n) is 10.1. The number of benzene rings is 1. The molecule has 1 saturated heterocycles. The highest BCUT2D eigenvalue weighted by Gasteiger charge is 2.28. The van der Waals surface area contributed by atoms with Gasteiger partial charge < -0.3 is 26.2 Å². The Morgan fingerprint density at radius 3 is 2.84 bits per heavy atom. The summed E-state index contributed by atoms with van der Waals surface area (Å²) in [6, 6.07) is 9.17. The van der Waals surface area contributed by atoms with Gasteiger partial charge in [0.1, 0.15) is 11.6 Å². The first-order valence-electron chi connectivity index (χ1n) is 13.0. The predicted molar refractivity (Wildman–Crippen MR) is 152 cm³/mol. The van der Waals surface area contributed by atoms with Gasteiger partial charge in [0.2, 0.25) is 5.88 Å². The number of hydrogen-bond acceptors (Lipinski definition) is 7. The fourth-order valence-electron chi connectivity index (χ4n) is 5.07. The Hall–Kier alpha value is -4.11. The average Bonchev–Trinajstić information content (AvgIpc) is 3.54. The van der Waals surface area contributed by atoms with E-state index in [9.17, 15) is 5.11 Å². The number of fused-ring (bicyclic) bond motifs is 1. The number of pyridine rings is 1. The van der Waals surface area contributed by atoms with E-state index in [0.717, 1.165) is 77.1 Å². The lowest BCUT2D eigenvalue weighted by Crippen LogP contribution is -2.43. The number of methoxy groups -OCH3 is 1. The highest BCUT2D eigenvalue weighted by molar-refractivity contribution is 6.06. The molecule has 1 aliphatic rings. The first kappa shape index (κ1) is 25.5. The van der Waals surface area contributed by atoms with Crippen LogP contribution in [0.1, 0.15) is 43.4 Å². The van der Waals surface area contributed by atoms with Crippen molar-refractivity contribution < 1.29 is 9.84 Å². The Labute approximate surface area is 222 Å². The largest absolute Gasteiger partial charge is 0.508 e. The van der Waals surface area contributed by atoms with Crippen LogP contribution >= 0.6 is 0 Å². The second-order valence-corrected chi connectivity index (χ2v) is 10.1. The van der Waals surface area contributed by atoms with Gasteiger partial charge in [-0.15, -0.1) is 0 Å². The molecule has 0 unspecified atom stereocenters. The number of rotatable bonds is 8. The molecule has 0 radical (unpaired) electrons. The van der Waals surface area contributed by atoms with Crippen molar-refractivity contribution in [3.8, 4) is 22.8 Å². The first-order chi connectivity index (χ1) is 18.3. The molecule has 5 N–H and O–H groups in total. The van der Waals surface area contributed by atoms with Crippen LogP contribution in [0.5, 0.6) is 11.6 Å². The van der Waals surface area contributed by atoms with Crippen LogP contribution in [0, 0.1) is 6.92 Å². The number of ether oxygens (including phenoxy) is 1. The first-order valence-corrected chi connectivity index (χ1v) is 13.0. The molecule has 38 heavy (non-hydrogen) atoms. The predicted octanol–water partition coefficient (Wildman–Crippen LogP) is 4.57. The number of nitrogens with one attached hydrogen (secondary N) is 2. The Balaban J connectivity index is 1.61. The minimum Gasteiger partial charge on any atom is -0.508 e. The van der Waals surface area contributed by atoms with Gasteiger partial charge in [-0.3, -0.25) is 0 Å². The van der Waals surface area contributed by atoms with E-state index < -0.39 is 0 Å². The van der Waals surface area contributed by atoms with E-state index in [0.29, 0.717) is 11.7 Å². The van der Waals surface area contributed by atoms with Crippen molar-refractivity contribution >= 4 is 22.7 Å². The van der Waals surface area contributed by atoms with Crippen LogP contribution < -0.4 is 21.1 Å². The number of phenols is 1. The topological polar surface area (TPSA) is 122 Å². The molecule has 198 valence electrons. The molecule has 1 atom stereocenters. The number of nitrogens with zero attached hydrogens (tertiary/aromatic N) is 4. The molecular weight excluding hydrogens is 478 g/mol. The quantitative estimate of drug-likeness (QED) is 0.201. The number of amidine groups is 1. The van der Waals surface area contributed by atoms with Crippen LogP contribution in [0.15, 0.2) is 53.9 Å². The van der Waals surface area contributed by atoms with Crippen LogP contribution in [-0.2, 0) is 6.42 Å². The highest BCUT2D eigenvalue weighted by Crippen LogP contribution is 2.32. The molecular formula is C29H35N7O2. The van der Waals surface area contributed by atoms with Crippen molar-refractivity contribution in [1.82, 2.24) is 19.9 Å². The van der Waals surface area contributed by atoms with E-state index in [1.54, 1.807) is 31.5 Å². The van der Waals surface area contributed by atoms with E-state index in [1.807, 2.05) is 36.8 Å². The molecule has 1 aliphatic heterocycles. The van der Waals surface area contributed by atoms with Crippen molar-refractivity contribution in [1.29, 1.82) is 0 Å². The number of aromatic hydroxyl groups is 1. The molecule has 3 aromatic heterocycles. The van der Waals surface area contributed by atoms with Crippen molar-refractivity contribution in [2.75, 3.05) is 25.5 Å². The van der Waals surface area contributed by atoms with Crippen molar-refractivity contribution in [2.24, 2.45) is 10.7 Å². The summed E-state index contributed by atoms with van der Waals surface area (Å²) in [6.07, 6.45) is 8.56. The lowest BCUT2D eigenvalue weighted by molar-refractivity contribution is 0.397.